The van der Waals surface area contributed by atoms with E-state index in [0.717, 1.165) is 17.7 Å². The summed E-state index contributed by atoms with van der Waals surface area (Å²) in [5.41, 5.74) is 2.50. The van der Waals surface area contributed by atoms with Gasteiger partial charge in [-0.05, 0) is 48.1 Å². The van der Waals surface area contributed by atoms with Crippen molar-refractivity contribution in [2.24, 2.45) is 0 Å². The van der Waals surface area contributed by atoms with Crippen molar-refractivity contribution in [3.05, 3.63) is 64.1 Å². The van der Waals surface area contributed by atoms with E-state index in [1.807, 2.05) is 31.3 Å². The highest BCUT2D eigenvalue weighted by atomic mass is 16.5. The van der Waals surface area contributed by atoms with Gasteiger partial charge >= 0.3 is 0 Å². The molecule has 2 rings (SSSR count). The first-order valence-corrected chi connectivity index (χ1v) is 7.77. The van der Waals surface area contributed by atoms with Crippen LogP contribution in [-0.2, 0) is 12.0 Å². The SMILES string of the molecule is Cc1ccn(CCCOc2ccc(C(C)(C)C)cc2)c(=O)c1. The first-order valence-electron chi connectivity index (χ1n) is 7.77. The van der Waals surface area contributed by atoms with Crippen molar-refractivity contribution < 1.29 is 4.74 Å². The summed E-state index contributed by atoms with van der Waals surface area (Å²) in [4.78, 5) is 11.8. The maximum Gasteiger partial charge on any atom is 0.250 e. The van der Waals surface area contributed by atoms with Crippen LogP contribution in [0.25, 0.3) is 0 Å². The molecule has 118 valence electrons. The zero-order chi connectivity index (χ0) is 16.2. The van der Waals surface area contributed by atoms with E-state index in [2.05, 4.69) is 32.9 Å². The normalized spacial score (nSPS) is 11.5. The Bertz CT molecular complexity index is 663. The highest BCUT2D eigenvalue weighted by Crippen LogP contribution is 2.24. The first kappa shape index (κ1) is 16.3. The predicted molar refractivity (Wildman–Crippen MR) is 90.7 cm³/mol. The Kier molecular flexibility index (Phi) is 5.07. The third kappa shape index (κ3) is 4.48. The molecule has 0 atom stereocenters. The summed E-state index contributed by atoms with van der Waals surface area (Å²) in [6.45, 7) is 9.80. The molecule has 0 fully saturated rings. The van der Waals surface area contributed by atoms with Gasteiger partial charge in [-0.1, -0.05) is 32.9 Å². The third-order valence-corrected chi connectivity index (χ3v) is 3.68. The monoisotopic (exact) mass is 299 g/mol. The molecule has 0 amide bonds. The van der Waals surface area contributed by atoms with Crippen LogP contribution in [-0.4, -0.2) is 11.2 Å². The maximum absolute atomic E-state index is 11.8. The first-order chi connectivity index (χ1) is 10.4. The van der Waals surface area contributed by atoms with E-state index in [0.29, 0.717) is 13.2 Å². The molecule has 1 aromatic carbocycles. The highest BCUT2D eigenvalue weighted by Gasteiger charge is 2.12. The lowest BCUT2D eigenvalue weighted by Gasteiger charge is -2.19. The van der Waals surface area contributed by atoms with Gasteiger partial charge in [-0.15, -0.1) is 0 Å². The van der Waals surface area contributed by atoms with Gasteiger partial charge in [0.05, 0.1) is 6.61 Å². The molecule has 0 N–H and O–H groups in total. The van der Waals surface area contributed by atoms with E-state index in [1.165, 1.54) is 5.56 Å². The fourth-order valence-corrected chi connectivity index (χ4v) is 2.27. The van der Waals surface area contributed by atoms with Crippen LogP contribution in [0.2, 0.25) is 0 Å². The minimum Gasteiger partial charge on any atom is -0.494 e. The summed E-state index contributed by atoms with van der Waals surface area (Å²) in [5.74, 6) is 0.879. The molecule has 0 bridgehead atoms. The molecule has 0 saturated carbocycles. The van der Waals surface area contributed by atoms with E-state index >= 15 is 0 Å². The number of rotatable bonds is 5. The Morgan fingerprint density at radius 2 is 1.77 bits per heavy atom. The molecule has 3 heteroatoms. The second-order valence-electron chi connectivity index (χ2n) is 6.71. The van der Waals surface area contributed by atoms with Gasteiger partial charge < -0.3 is 9.30 Å². The van der Waals surface area contributed by atoms with Gasteiger partial charge in [0.15, 0.2) is 0 Å². The van der Waals surface area contributed by atoms with Crippen molar-refractivity contribution in [3.63, 3.8) is 0 Å². The average molecular weight is 299 g/mol. The number of hydrogen-bond donors (Lipinski definition) is 0. The molecule has 0 aliphatic carbocycles. The van der Waals surface area contributed by atoms with Crippen LogP contribution in [0.1, 0.15) is 38.3 Å². The molecule has 1 aromatic heterocycles. The van der Waals surface area contributed by atoms with Crippen molar-refractivity contribution in [2.45, 2.75) is 46.1 Å². The lowest BCUT2D eigenvalue weighted by Crippen LogP contribution is -2.19. The van der Waals surface area contributed by atoms with Crippen molar-refractivity contribution in [1.29, 1.82) is 0 Å². The van der Waals surface area contributed by atoms with Gasteiger partial charge in [0.25, 0.3) is 5.56 Å². The standard InChI is InChI=1S/C19H25NO2/c1-15-10-12-20(18(21)14-15)11-5-13-22-17-8-6-16(7-9-17)19(2,3)4/h6-10,12,14H,5,11,13H2,1-4H3. The zero-order valence-electron chi connectivity index (χ0n) is 13.9. The average Bonchev–Trinajstić information content (AvgIpc) is 2.45. The van der Waals surface area contributed by atoms with Crippen LogP contribution < -0.4 is 10.3 Å². The predicted octanol–water partition coefficient (Wildman–Crippen LogP) is 3.92. The molecular weight excluding hydrogens is 274 g/mol. The second-order valence-corrected chi connectivity index (χ2v) is 6.71. The fraction of sp³-hybridized carbons (Fsp3) is 0.421. The summed E-state index contributed by atoms with van der Waals surface area (Å²) in [5, 5.41) is 0. The Labute approximate surface area is 132 Å². The van der Waals surface area contributed by atoms with Gasteiger partial charge in [0.1, 0.15) is 5.75 Å². The van der Waals surface area contributed by atoms with E-state index < -0.39 is 0 Å². The number of hydrogen-bond acceptors (Lipinski definition) is 2. The number of aryl methyl sites for hydroxylation is 2. The van der Waals surface area contributed by atoms with Gasteiger partial charge in [0, 0.05) is 18.8 Å². The van der Waals surface area contributed by atoms with E-state index in [-0.39, 0.29) is 11.0 Å². The van der Waals surface area contributed by atoms with Crippen LogP contribution in [0, 0.1) is 6.92 Å². The number of pyridine rings is 1. The van der Waals surface area contributed by atoms with Crippen molar-refractivity contribution in [3.8, 4) is 5.75 Å². The Hall–Kier alpha value is -2.03. The molecule has 0 spiro atoms. The molecular formula is C19H25NO2. The summed E-state index contributed by atoms with van der Waals surface area (Å²) in [6, 6.07) is 11.9. The quantitative estimate of drug-likeness (QED) is 0.783. The molecule has 3 nitrogen and oxygen atoms in total. The fourth-order valence-electron chi connectivity index (χ4n) is 2.27. The molecule has 0 unspecified atom stereocenters. The summed E-state index contributed by atoms with van der Waals surface area (Å²) in [6.07, 6.45) is 2.65. The molecule has 1 heterocycles. The smallest absolute Gasteiger partial charge is 0.250 e. The molecule has 0 saturated heterocycles. The van der Waals surface area contributed by atoms with Crippen LogP contribution in [0.3, 0.4) is 0 Å². The van der Waals surface area contributed by atoms with E-state index in [4.69, 9.17) is 4.74 Å². The Morgan fingerprint density at radius 3 is 2.36 bits per heavy atom. The lowest BCUT2D eigenvalue weighted by molar-refractivity contribution is 0.300. The highest BCUT2D eigenvalue weighted by molar-refractivity contribution is 5.31. The van der Waals surface area contributed by atoms with Crippen molar-refractivity contribution in [1.82, 2.24) is 4.57 Å². The molecule has 2 aromatic rings. The topological polar surface area (TPSA) is 31.2 Å². The molecule has 0 aliphatic rings. The minimum atomic E-state index is 0.0505. The number of aromatic nitrogens is 1. The number of benzene rings is 1. The Balaban J connectivity index is 1.83. The van der Waals surface area contributed by atoms with Gasteiger partial charge in [-0.25, -0.2) is 0 Å². The third-order valence-electron chi connectivity index (χ3n) is 3.68. The largest absolute Gasteiger partial charge is 0.494 e. The van der Waals surface area contributed by atoms with Crippen LogP contribution in [0.15, 0.2) is 47.4 Å². The summed E-state index contributed by atoms with van der Waals surface area (Å²) in [7, 11) is 0. The molecule has 0 radical (unpaired) electrons. The van der Waals surface area contributed by atoms with Gasteiger partial charge in [-0.3, -0.25) is 4.79 Å². The van der Waals surface area contributed by atoms with E-state index in [9.17, 15) is 4.79 Å². The van der Waals surface area contributed by atoms with Crippen molar-refractivity contribution >= 4 is 0 Å². The zero-order valence-corrected chi connectivity index (χ0v) is 13.9. The minimum absolute atomic E-state index is 0.0505. The van der Waals surface area contributed by atoms with Gasteiger partial charge in [-0.2, -0.15) is 0 Å². The summed E-state index contributed by atoms with van der Waals surface area (Å²) < 4.78 is 7.46. The van der Waals surface area contributed by atoms with E-state index in [1.54, 1.807) is 10.6 Å². The van der Waals surface area contributed by atoms with Crippen LogP contribution in [0.5, 0.6) is 5.75 Å². The Morgan fingerprint density at radius 1 is 1.09 bits per heavy atom. The van der Waals surface area contributed by atoms with Crippen LogP contribution in [0.4, 0.5) is 0 Å². The number of ether oxygens (including phenoxy) is 1. The van der Waals surface area contributed by atoms with Gasteiger partial charge in [0.2, 0.25) is 0 Å². The lowest BCUT2D eigenvalue weighted by atomic mass is 9.87. The van der Waals surface area contributed by atoms with Crippen LogP contribution >= 0.6 is 0 Å². The molecule has 22 heavy (non-hydrogen) atoms. The molecule has 0 aliphatic heterocycles. The summed E-state index contributed by atoms with van der Waals surface area (Å²) >= 11 is 0. The van der Waals surface area contributed by atoms with Crippen molar-refractivity contribution in [2.75, 3.05) is 6.61 Å². The maximum atomic E-state index is 11.8. The number of nitrogens with zero attached hydrogens (tertiary/aromatic N) is 1. The second kappa shape index (κ2) is 6.82.